The van der Waals surface area contributed by atoms with Crippen LogP contribution in [0.15, 0.2) is 59.1 Å². The number of halogens is 1. The molecule has 4 aromatic heterocycles. The second-order valence-electron chi connectivity index (χ2n) is 8.91. The van der Waals surface area contributed by atoms with E-state index in [4.69, 9.17) is 21.6 Å². The zero-order valence-corrected chi connectivity index (χ0v) is 19.4. The average Bonchev–Trinajstić information content (AvgIpc) is 3.41. The van der Waals surface area contributed by atoms with E-state index in [0.29, 0.717) is 10.4 Å². The maximum Gasteiger partial charge on any atom is 0.211 e. The molecule has 5 heterocycles. The SMILES string of the molecule is Bc1cnc2c(c1)CC1(CCN(c3ncc(Sc4ccncc4Cl)c4nccn34)CC1)C2. The lowest BCUT2D eigenvalue weighted by Gasteiger charge is -2.39. The summed E-state index contributed by atoms with van der Waals surface area (Å²) in [7, 11) is 2.13. The molecule has 0 aromatic carbocycles. The molecule has 9 heteroatoms. The molecule has 1 fully saturated rings. The van der Waals surface area contributed by atoms with E-state index >= 15 is 0 Å². The molecule has 4 aromatic rings. The largest absolute Gasteiger partial charge is 0.342 e. The molecule has 0 bridgehead atoms. The van der Waals surface area contributed by atoms with Crippen molar-refractivity contribution >= 4 is 48.3 Å². The summed E-state index contributed by atoms with van der Waals surface area (Å²) in [5.41, 5.74) is 5.26. The molecule has 1 spiro atoms. The van der Waals surface area contributed by atoms with Crippen LogP contribution < -0.4 is 10.4 Å². The number of fused-ring (bicyclic) bond motifs is 2. The fourth-order valence-electron chi connectivity index (χ4n) is 5.08. The van der Waals surface area contributed by atoms with E-state index in [9.17, 15) is 0 Å². The number of anilines is 1. The van der Waals surface area contributed by atoms with Gasteiger partial charge in [-0.25, -0.2) is 9.97 Å². The van der Waals surface area contributed by atoms with Crippen LogP contribution in [-0.4, -0.2) is 45.3 Å². The van der Waals surface area contributed by atoms with Crippen LogP contribution in [0.25, 0.3) is 5.65 Å². The molecule has 1 saturated heterocycles. The Balaban J connectivity index is 1.23. The van der Waals surface area contributed by atoms with E-state index in [1.54, 1.807) is 24.2 Å². The van der Waals surface area contributed by atoms with Crippen molar-refractivity contribution in [3.8, 4) is 0 Å². The van der Waals surface area contributed by atoms with E-state index in [-0.39, 0.29) is 0 Å². The highest BCUT2D eigenvalue weighted by molar-refractivity contribution is 7.99. The highest BCUT2D eigenvalue weighted by atomic mass is 35.5. The van der Waals surface area contributed by atoms with Crippen LogP contribution in [0.4, 0.5) is 5.95 Å². The number of rotatable bonds is 3. The molecule has 6 rings (SSSR count). The molecule has 1 aliphatic heterocycles. The van der Waals surface area contributed by atoms with Crippen LogP contribution in [0.3, 0.4) is 0 Å². The minimum Gasteiger partial charge on any atom is -0.342 e. The van der Waals surface area contributed by atoms with Gasteiger partial charge in [0.05, 0.1) is 9.92 Å². The summed E-state index contributed by atoms with van der Waals surface area (Å²) >= 11 is 7.88. The van der Waals surface area contributed by atoms with Crippen LogP contribution in [0, 0.1) is 5.41 Å². The molecular formula is C23H22BClN6S. The molecule has 0 radical (unpaired) electrons. The maximum absolute atomic E-state index is 6.31. The Hall–Kier alpha value is -2.58. The Kier molecular flexibility index (Phi) is 4.88. The molecule has 2 aliphatic rings. The van der Waals surface area contributed by atoms with Crippen molar-refractivity contribution in [3.63, 3.8) is 0 Å². The fraction of sp³-hybridized carbons (Fsp3) is 0.304. The first-order valence-electron chi connectivity index (χ1n) is 10.9. The van der Waals surface area contributed by atoms with Crippen molar-refractivity contribution in [2.45, 2.75) is 35.5 Å². The van der Waals surface area contributed by atoms with Crippen molar-refractivity contribution in [3.05, 3.63) is 65.6 Å². The van der Waals surface area contributed by atoms with Gasteiger partial charge in [-0.2, -0.15) is 0 Å². The molecule has 32 heavy (non-hydrogen) atoms. The number of piperidine rings is 1. The van der Waals surface area contributed by atoms with E-state index in [1.807, 2.05) is 30.9 Å². The van der Waals surface area contributed by atoms with E-state index in [2.05, 4.69) is 33.2 Å². The third-order valence-corrected chi connectivity index (χ3v) is 8.24. The number of nitrogens with zero attached hydrogens (tertiary/aromatic N) is 6. The molecule has 1 aliphatic carbocycles. The Morgan fingerprint density at radius 3 is 2.72 bits per heavy atom. The average molecular weight is 461 g/mol. The van der Waals surface area contributed by atoms with E-state index in [1.165, 1.54) is 16.7 Å². The van der Waals surface area contributed by atoms with Crippen molar-refractivity contribution in [2.24, 2.45) is 5.41 Å². The van der Waals surface area contributed by atoms with Gasteiger partial charge in [0.25, 0.3) is 0 Å². The predicted octanol–water partition coefficient (Wildman–Crippen LogP) is 2.97. The number of imidazole rings is 1. The van der Waals surface area contributed by atoms with Crippen molar-refractivity contribution < 1.29 is 0 Å². The highest BCUT2D eigenvalue weighted by Crippen LogP contribution is 2.44. The van der Waals surface area contributed by atoms with Crippen molar-refractivity contribution in [1.29, 1.82) is 0 Å². The van der Waals surface area contributed by atoms with Crippen LogP contribution in [0.1, 0.15) is 24.1 Å². The zero-order chi connectivity index (χ0) is 21.7. The smallest absolute Gasteiger partial charge is 0.211 e. The molecular weight excluding hydrogens is 439 g/mol. The molecule has 6 nitrogen and oxygen atoms in total. The first-order chi connectivity index (χ1) is 15.6. The van der Waals surface area contributed by atoms with Gasteiger partial charge in [-0.3, -0.25) is 14.4 Å². The molecule has 0 saturated carbocycles. The van der Waals surface area contributed by atoms with Crippen LogP contribution >= 0.6 is 23.4 Å². The highest BCUT2D eigenvalue weighted by Gasteiger charge is 2.41. The van der Waals surface area contributed by atoms with Crippen molar-refractivity contribution in [2.75, 3.05) is 18.0 Å². The first-order valence-corrected chi connectivity index (χ1v) is 12.1. The monoisotopic (exact) mass is 460 g/mol. The second kappa shape index (κ2) is 7.78. The number of aromatic nitrogens is 5. The zero-order valence-electron chi connectivity index (χ0n) is 17.8. The lowest BCUT2D eigenvalue weighted by molar-refractivity contribution is 0.230. The summed E-state index contributed by atoms with van der Waals surface area (Å²) in [4.78, 5) is 22.6. The lowest BCUT2D eigenvalue weighted by Crippen LogP contribution is -2.41. The van der Waals surface area contributed by atoms with E-state index < -0.39 is 0 Å². The standard InChI is InChI=1S/C23H22BClN6S/c24-16-9-15-10-23(11-18(15)28-12-16)2-6-30(7-3-23)22-29-14-20(21-27-5-8-31(21)22)32-19-1-4-26-13-17(19)25/h1,4-5,8-9,12-14H,2-3,6-7,10-11,24H2. The van der Waals surface area contributed by atoms with E-state index in [0.717, 1.165) is 60.2 Å². The summed E-state index contributed by atoms with van der Waals surface area (Å²) in [5.74, 6) is 0.960. The summed E-state index contributed by atoms with van der Waals surface area (Å²) in [5, 5.41) is 0.634. The summed E-state index contributed by atoms with van der Waals surface area (Å²) in [6, 6.07) is 4.24. The second-order valence-corrected chi connectivity index (χ2v) is 10.4. The molecule has 0 atom stereocenters. The van der Waals surface area contributed by atoms with Gasteiger partial charge < -0.3 is 4.90 Å². The first kappa shape index (κ1) is 20.1. The van der Waals surface area contributed by atoms with Gasteiger partial charge >= 0.3 is 0 Å². The Labute approximate surface area is 196 Å². The normalized spacial score (nSPS) is 17.2. The quantitative estimate of drug-likeness (QED) is 0.438. The summed E-state index contributed by atoms with van der Waals surface area (Å²) < 4.78 is 2.10. The molecule has 0 amide bonds. The number of hydrogen-bond acceptors (Lipinski definition) is 6. The van der Waals surface area contributed by atoms with Gasteiger partial charge in [0, 0.05) is 60.9 Å². The third-order valence-electron chi connectivity index (χ3n) is 6.74. The lowest BCUT2D eigenvalue weighted by atomic mass is 9.76. The maximum atomic E-state index is 6.31. The number of hydrogen-bond donors (Lipinski definition) is 0. The topological polar surface area (TPSA) is 59.2 Å². The van der Waals surface area contributed by atoms with Gasteiger partial charge in [-0.1, -0.05) is 34.9 Å². The summed E-state index contributed by atoms with van der Waals surface area (Å²) in [6.45, 7) is 1.99. The van der Waals surface area contributed by atoms with Gasteiger partial charge in [0.2, 0.25) is 5.95 Å². The van der Waals surface area contributed by atoms with Gasteiger partial charge in [0.1, 0.15) is 7.85 Å². The van der Waals surface area contributed by atoms with Crippen LogP contribution in [-0.2, 0) is 12.8 Å². The van der Waals surface area contributed by atoms with Crippen LogP contribution in [0.5, 0.6) is 0 Å². The Morgan fingerprint density at radius 1 is 1.00 bits per heavy atom. The minimum atomic E-state index is 0.349. The fourth-order valence-corrected chi connectivity index (χ4v) is 6.18. The number of pyridine rings is 2. The summed E-state index contributed by atoms with van der Waals surface area (Å²) in [6.07, 6.45) is 15.7. The van der Waals surface area contributed by atoms with Gasteiger partial charge in [0.15, 0.2) is 5.65 Å². The molecule has 160 valence electrons. The Morgan fingerprint density at radius 2 is 1.88 bits per heavy atom. The predicted molar refractivity (Wildman–Crippen MR) is 130 cm³/mol. The third kappa shape index (κ3) is 3.46. The minimum absolute atomic E-state index is 0.349. The van der Waals surface area contributed by atoms with Crippen LogP contribution in [0.2, 0.25) is 5.02 Å². The van der Waals surface area contributed by atoms with Crippen molar-refractivity contribution in [1.82, 2.24) is 24.3 Å². The van der Waals surface area contributed by atoms with Gasteiger partial charge in [-0.15, -0.1) is 0 Å². The molecule has 0 N–H and O–H groups in total. The Bertz CT molecular complexity index is 1320. The molecule has 0 unspecified atom stereocenters. The van der Waals surface area contributed by atoms with Gasteiger partial charge in [-0.05, 0) is 42.7 Å².